The number of carbonyl (C=O) groups excluding carboxylic acids is 1. The topological polar surface area (TPSA) is 42.4 Å². The molecule has 1 amide bonds. The van der Waals surface area contributed by atoms with Crippen LogP contribution in [0, 0.1) is 6.92 Å². The van der Waals surface area contributed by atoms with Crippen LogP contribution in [0.15, 0.2) is 29.6 Å². The van der Waals surface area contributed by atoms with Gasteiger partial charge in [-0.2, -0.15) is 0 Å². The van der Waals surface area contributed by atoms with Gasteiger partial charge in [-0.05, 0) is 26.8 Å². The number of benzene rings is 1. The lowest BCUT2D eigenvalue weighted by Crippen LogP contribution is -2.48. The van der Waals surface area contributed by atoms with Crippen LogP contribution in [-0.4, -0.2) is 41.1 Å². The van der Waals surface area contributed by atoms with Gasteiger partial charge in [-0.15, -0.1) is 11.3 Å². The summed E-state index contributed by atoms with van der Waals surface area (Å²) in [6, 6.07) is 8.29. The molecule has 1 aliphatic heterocycles. The second kappa shape index (κ2) is 6.81. The minimum absolute atomic E-state index is 0.0981. The Labute approximate surface area is 141 Å². The molecule has 4 nitrogen and oxygen atoms in total. The van der Waals surface area contributed by atoms with Crippen molar-refractivity contribution in [2.75, 3.05) is 13.1 Å². The van der Waals surface area contributed by atoms with Crippen LogP contribution in [0.5, 0.6) is 0 Å². The van der Waals surface area contributed by atoms with Crippen molar-refractivity contribution < 1.29 is 9.53 Å². The molecule has 2 unspecified atom stereocenters. The first-order chi connectivity index (χ1) is 11.0. The Morgan fingerprint density at radius 1 is 1.35 bits per heavy atom. The van der Waals surface area contributed by atoms with Crippen molar-refractivity contribution >= 4 is 17.2 Å². The molecule has 23 heavy (non-hydrogen) atoms. The lowest BCUT2D eigenvalue weighted by atomic mass is 10.1. The van der Waals surface area contributed by atoms with Gasteiger partial charge in [-0.1, -0.05) is 23.8 Å². The maximum absolute atomic E-state index is 12.5. The van der Waals surface area contributed by atoms with E-state index in [-0.39, 0.29) is 18.1 Å². The quantitative estimate of drug-likeness (QED) is 0.867. The molecule has 0 aliphatic carbocycles. The van der Waals surface area contributed by atoms with E-state index in [1.54, 1.807) is 11.3 Å². The number of carbonyl (C=O) groups is 1. The molecule has 122 valence electrons. The molecule has 1 aliphatic rings. The lowest BCUT2D eigenvalue weighted by molar-refractivity contribution is -0.142. The van der Waals surface area contributed by atoms with Crippen LogP contribution in [-0.2, 0) is 16.0 Å². The zero-order valence-electron chi connectivity index (χ0n) is 13.8. The fourth-order valence-electron chi connectivity index (χ4n) is 2.95. The Bertz CT molecular complexity index is 688. The van der Waals surface area contributed by atoms with Gasteiger partial charge in [0.2, 0.25) is 5.91 Å². The van der Waals surface area contributed by atoms with E-state index in [0.29, 0.717) is 19.5 Å². The number of morpholine rings is 1. The summed E-state index contributed by atoms with van der Waals surface area (Å²) in [5.74, 6) is 0.132. The van der Waals surface area contributed by atoms with E-state index in [1.807, 2.05) is 30.2 Å². The van der Waals surface area contributed by atoms with Gasteiger partial charge in [-0.25, -0.2) is 4.98 Å². The van der Waals surface area contributed by atoms with E-state index in [0.717, 1.165) is 16.3 Å². The van der Waals surface area contributed by atoms with Crippen LogP contribution in [0.1, 0.15) is 25.1 Å². The van der Waals surface area contributed by atoms with E-state index in [9.17, 15) is 4.79 Å². The molecule has 2 heterocycles. The van der Waals surface area contributed by atoms with Gasteiger partial charge in [-0.3, -0.25) is 4.79 Å². The second-order valence-electron chi connectivity index (χ2n) is 6.25. The summed E-state index contributed by atoms with van der Waals surface area (Å²) in [6.07, 6.45) is 0.559. The Morgan fingerprint density at radius 3 is 2.78 bits per heavy atom. The summed E-state index contributed by atoms with van der Waals surface area (Å²) >= 11 is 1.59. The standard InChI is InChI=1S/C18H22N2O2S/c1-12-5-4-6-15(7-12)18-19-16(11-23-18)8-17(21)20-9-13(2)22-14(3)10-20/h4-7,11,13-14H,8-10H2,1-3H3. The normalized spacial score (nSPS) is 21.4. The third-order valence-corrected chi connectivity index (χ3v) is 4.86. The fourth-order valence-corrected chi connectivity index (χ4v) is 3.76. The third-order valence-electron chi connectivity index (χ3n) is 3.92. The van der Waals surface area contributed by atoms with Crippen LogP contribution >= 0.6 is 11.3 Å². The number of rotatable bonds is 3. The summed E-state index contributed by atoms with van der Waals surface area (Å²) < 4.78 is 5.68. The predicted octanol–water partition coefficient (Wildman–Crippen LogP) is 3.30. The van der Waals surface area contributed by atoms with Crippen LogP contribution in [0.4, 0.5) is 0 Å². The minimum Gasteiger partial charge on any atom is -0.372 e. The molecule has 1 saturated heterocycles. The van der Waals surface area contributed by atoms with Gasteiger partial charge < -0.3 is 9.64 Å². The van der Waals surface area contributed by atoms with E-state index in [2.05, 4.69) is 30.1 Å². The summed E-state index contributed by atoms with van der Waals surface area (Å²) in [6.45, 7) is 7.42. The van der Waals surface area contributed by atoms with Gasteiger partial charge in [0, 0.05) is 24.0 Å². The zero-order chi connectivity index (χ0) is 16.4. The number of amides is 1. The van der Waals surface area contributed by atoms with Crippen molar-refractivity contribution in [1.29, 1.82) is 0 Å². The molecule has 1 aromatic heterocycles. The van der Waals surface area contributed by atoms with Gasteiger partial charge in [0.1, 0.15) is 5.01 Å². The van der Waals surface area contributed by atoms with Crippen molar-refractivity contribution in [3.8, 4) is 10.6 Å². The number of aryl methyl sites for hydroxylation is 1. The highest BCUT2D eigenvalue weighted by molar-refractivity contribution is 7.13. The fraction of sp³-hybridized carbons (Fsp3) is 0.444. The zero-order valence-corrected chi connectivity index (χ0v) is 14.6. The summed E-state index contributed by atoms with van der Waals surface area (Å²) in [7, 11) is 0. The summed E-state index contributed by atoms with van der Waals surface area (Å²) in [4.78, 5) is 19.0. The summed E-state index contributed by atoms with van der Waals surface area (Å²) in [5.41, 5.74) is 3.18. The second-order valence-corrected chi connectivity index (χ2v) is 7.10. The highest BCUT2D eigenvalue weighted by Crippen LogP contribution is 2.25. The first kappa shape index (κ1) is 16.1. The molecule has 0 bridgehead atoms. The maximum atomic E-state index is 12.5. The number of aromatic nitrogens is 1. The van der Waals surface area contributed by atoms with Gasteiger partial charge in [0.05, 0.1) is 24.3 Å². The molecule has 2 aromatic rings. The van der Waals surface area contributed by atoms with Gasteiger partial charge in [0.25, 0.3) is 0 Å². The first-order valence-corrected chi connectivity index (χ1v) is 8.84. The van der Waals surface area contributed by atoms with Crippen LogP contribution in [0.25, 0.3) is 10.6 Å². The van der Waals surface area contributed by atoms with E-state index < -0.39 is 0 Å². The average Bonchev–Trinajstić information content (AvgIpc) is 2.95. The van der Waals surface area contributed by atoms with Crippen molar-refractivity contribution in [3.05, 3.63) is 40.9 Å². The summed E-state index contributed by atoms with van der Waals surface area (Å²) in [5, 5.41) is 2.96. The Kier molecular flexibility index (Phi) is 4.78. The van der Waals surface area contributed by atoms with E-state index in [4.69, 9.17) is 4.74 Å². The molecular weight excluding hydrogens is 308 g/mol. The van der Waals surface area contributed by atoms with Crippen molar-refractivity contribution in [3.63, 3.8) is 0 Å². The molecule has 0 saturated carbocycles. The lowest BCUT2D eigenvalue weighted by Gasteiger charge is -2.35. The number of ether oxygens (including phenoxy) is 1. The molecule has 0 N–H and O–H groups in total. The maximum Gasteiger partial charge on any atom is 0.228 e. The molecule has 0 spiro atoms. The number of thiazole rings is 1. The van der Waals surface area contributed by atoms with Crippen LogP contribution in [0.2, 0.25) is 0 Å². The molecule has 1 fully saturated rings. The largest absolute Gasteiger partial charge is 0.372 e. The smallest absolute Gasteiger partial charge is 0.228 e. The SMILES string of the molecule is Cc1cccc(-c2nc(CC(=O)N3CC(C)OC(C)C3)cs2)c1. The molecule has 5 heteroatoms. The predicted molar refractivity (Wildman–Crippen MR) is 92.6 cm³/mol. The molecule has 3 rings (SSSR count). The Balaban J connectivity index is 1.68. The molecule has 2 atom stereocenters. The highest BCUT2D eigenvalue weighted by atomic mass is 32.1. The highest BCUT2D eigenvalue weighted by Gasteiger charge is 2.26. The van der Waals surface area contributed by atoms with Crippen LogP contribution < -0.4 is 0 Å². The Morgan fingerprint density at radius 2 is 2.09 bits per heavy atom. The third kappa shape index (κ3) is 3.98. The molecular formula is C18H22N2O2S. The van der Waals surface area contributed by atoms with Crippen molar-refractivity contribution in [2.24, 2.45) is 0 Å². The van der Waals surface area contributed by atoms with E-state index in [1.165, 1.54) is 5.56 Å². The Hall–Kier alpha value is -1.72. The number of nitrogens with zero attached hydrogens (tertiary/aromatic N) is 2. The minimum atomic E-state index is 0.0981. The van der Waals surface area contributed by atoms with Crippen molar-refractivity contribution in [1.82, 2.24) is 9.88 Å². The average molecular weight is 330 g/mol. The molecule has 1 aromatic carbocycles. The van der Waals surface area contributed by atoms with Gasteiger partial charge in [0.15, 0.2) is 0 Å². The first-order valence-electron chi connectivity index (χ1n) is 7.96. The van der Waals surface area contributed by atoms with Crippen molar-refractivity contribution in [2.45, 2.75) is 39.4 Å². The van der Waals surface area contributed by atoms with Crippen LogP contribution in [0.3, 0.4) is 0 Å². The number of hydrogen-bond acceptors (Lipinski definition) is 4. The monoisotopic (exact) mass is 330 g/mol. The van der Waals surface area contributed by atoms with E-state index >= 15 is 0 Å². The molecule has 0 radical (unpaired) electrons. The number of hydrogen-bond donors (Lipinski definition) is 0. The van der Waals surface area contributed by atoms with Gasteiger partial charge >= 0.3 is 0 Å².